The fourth-order valence-corrected chi connectivity index (χ4v) is 2.28. The summed E-state index contributed by atoms with van der Waals surface area (Å²) in [6, 6.07) is 9.76. The molecule has 0 unspecified atom stereocenters. The van der Waals surface area contributed by atoms with Crippen molar-refractivity contribution in [3.05, 3.63) is 47.9 Å². The predicted octanol–water partition coefficient (Wildman–Crippen LogP) is 2.97. The molecule has 0 spiro atoms. The van der Waals surface area contributed by atoms with E-state index in [1.807, 2.05) is 41.7 Å². The van der Waals surface area contributed by atoms with Crippen molar-refractivity contribution in [2.45, 2.75) is 13.8 Å². The molecule has 0 fully saturated rings. The van der Waals surface area contributed by atoms with Gasteiger partial charge in [0.1, 0.15) is 5.82 Å². The van der Waals surface area contributed by atoms with Crippen molar-refractivity contribution in [1.82, 2.24) is 9.38 Å². The number of carbonyl (C=O) groups is 1. The summed E-state index contributed by atoms with van der Waals surface area (Å²) in [5, 5.41) is 1.03. The van der Waals surface area contributed by atoms with E-state index in [1.54, 1.807) is 13.1 Å². The van der Waals surface area contributed by atoms with Crippen LogP contribution in [0.4, 0.5) is 0 Å². The summed E-state index contributed by atoms with van der Waals surface area (Å²) in [4.78, 5) is 16.3. The Morgan fingerprint density at radius 1 is 1.37 bits per heavy atom. The van der Waals surface area contributed by atoms with Gasteiger partial charge in [0.2, 0.25) is 0 Å². The number of nitrogens with zero attached hydrogens (tertiary/aromatic N) is 2. The van der Waals surface area contributed by atoms with E-state index in [9.17, 15) is 4.79 Å². The number of ether oxygens (including phenoxy) is 1. The molecule has 2 heterocycles. The summed E-state index contributed by atoms with van der Waals surface area (Å²) in [6.45, 7) is 4.10. The summed E-state index contributed by atoms with van der Waals surface area (Å²) < 4.78 is 6.96. The van der Waals surface area contributed by atoms with Crippen molar-refractivity contribution >= 4 is 22.4 Å². The lowest BCUT2D eigenvalue weighted by molar-refractivity contribution is 0.0526. The summed E-state index contributed by atoms with van der Waals surface area (Å²) in [5.74, 6) is 0.555. The molecular weight excluding hydrogens is 240 g/mol. The first-order valence-corrected chi connectivity index (χ1v) is 6.25. The Balaban J connectivity index is 2.29. The van der Waals surface area contributed by atoms with E-state index in [4.69, 9.17) is 4.74 Å². The highest BCUT2D eigenvalue weighted by Gasteiger charge is 2.13. The summed E-state index contributed by atoms with van der Waals surface area (Å²) in [6.07, 6.45) is 1.78. The molecule has 0 aliphatic carbocycles. The van der Waals surface area contributed by atoms with Crippen molar-refractivity contribution in [3.8, 4) is 0 Å². The van der Waals surface area contributed by atoms with E-state index in [0.717, 1.165) is 22.2 Å². The van der Waals surface area contributed by atoms with Gasteiger partial charge in [0.05, 0.1) is 23.2 Å². The van der Waals surface area contributed by atoms with Gasteiger partial charge in [0.15, 0.2) is 0 Å². The number of aryl methyl sites for hydroxylation is 1. The van der Waals surface area contributed by atoms with E-state index >= 15 is 0 Å². The third-order valence-electron chi connectivity index (χ3n) is 3.14. The molecule has 3 rings (SSSR count). The van der Waals surface area contributed by atoms with Crippen molar-refractivity contribution in [2.24, 2.45) is 0 Å². The zero-order valence-electron chi connectivity index (χ0n) is 10.9. The Hall–Kier alpha value is -2.36. The highest BCUT2D eigenvalue weighted by atomic mass is 16.5. The van der Waals surface area contributed by atoms with Gasteiger partial charge in [-0.2, -0.15) is 0 Å². The second-order valence-corrected chi connectivity index (χ2v) is 4.38. The van der Waals surface area contributed by atoms with Crippen molar-refractivity contribution in [2.75, 3.05) is 6.61 Å². The number of hydrogen-bond donors (Lipinski definition) is 0. The predicted molar refractivity (Wildman–Crippen MR) is 73.4 cm³/mol. The topological polar surface area (TPSA) is 43.6 Å². The Morgan fingerprint density at radius 2 is 2.16 bits per heavy atom. The van der Waals surface area contributed by atoms with Gasteiger partial charge in [-0.25, -0.2) is 9.78 Å². The number of para-hydroxylation sites is 1. The van der Waals surface area contributed by atoms with E-state index in [1.165, 1.54) is 0 Å². The molecule has 0 aliphatic heterocycles. The fraction of sp³-hybridized carbons (Fsp3) is 0.200. The molecule has 96 valence electrons. The number of benzene rings is 1. The number of esters is 1. The molecule has 0 atom stereocenters. The molecule has 0 bridgehead atoms. The first-order chi connectivity index (χ1) is 9.20. The maximum Gasteiger partial charge on any atom is 0.339 e. The summed E-state index contributed by atoms with van der Waals surface area (Å²) >= 11 is 0. The highest BCUT2D eigenvalue weighted by molar-refractivity contribution is 5.98. The second kappa shape index (κ2) is 4.39. The molecule has 0 N–H and O–H groups in total. The number of hydrogen-bond acceptors (Lipinski definition) is 3. The van der Waals surface area contributed by atoms with E-state index in [0.29, 0.717) is 12.2 Å². The van der Waals surface area contributed by atoms with Crippen LogP contribution < -0.4 is 0 Å². The van der Waals surface area contributed by atoms with Crippen molar-refractivity contribution in [3.63, 3.8) is 0 Å². The minimum absolute atomic E-state index is 0.297. The first kappa shape index (κ1) is 11.7. The van der Waals surface area contributed by atoms with Gasteiger partial charge in [0.25, 0.3) is 0 Å². The molecule has 0 amide bonds. The Labute approximate surface area is 110 Å². The van der Waals surface area contributed by atoms with Crippen LogP contribution in [-0.4, -0.2) is 22.0 Å². The lowest BCUT2D eigenvalue weighted by atomic mass is 10.2. The molecular formula is C15H14N2O2. The molecule has 2 aromatic heterocycles. The molecule has 4 nitrogen and oxygen atoms in total. The van der Waals surface area contributed by atoms with Gasteiger partial charge in [-0.05, 0) is 26.0 Å². The highest BCUT2D eigenvalue weighted by Crippen LogP contribution is 2.22. The van der Waals surface area contributed by atoms with Crippen molar-refractivity contribution < 1.29 is 9.53 Å². The summed E-state index contributed by atoms with van der Waals surface area (Å²) in [5.41, 5.74) is 2.47. The lowest BCUT2D eigenvalue weighted by Crippen LogP contribution is -2.02. The zero-order valence-corrected chi connectivity index (χ0v) is 10.9. The maximum absolute atomic E-state index is 11.8. The van der Waals surface area contributed by atoms with Crippen LogP contribution in [0.2, 0.25) is 0 Å². The van der Waals surface area contributed by atoms with Gasteiger partial charge in [-0.1, -0.05) is 18.2 Å². The largest absolute Gasteiger partial charge is 0.462 e. The Bertz CT molecular complexity index is 774. The molecule has 1 aromatic carbocycles. The molecule has 19 heavy (non-hydrogen) atoms. The first-order valence-electron chi connectivity index (χ1n) is 6.25. The molecule has 4 heteroatoms. The smallest absolute Gasteiger partial charge is 0.339 e. The standard InChI is InChI=1S/C15H14N2O2/c1-3-19-15(18)11-8-14-12-6-4-5-7-13(12)16-10(2)17(14)9-11/h4-9H,3H2,1-2H3. The van der Waals surface area contributed by atoms with Gasteiger partial charge in [-0.3, -0.25) is 0 Å². The number of carbonyl (C=O) groups excluding carboxylic acids is 1. The fourth-order valence-electron chi connectivity index (χ4n) is 2.28. The van der Waals surface area contributed by atoms with Crippen LogP contribution in [0.3, 0.4) is 0 Å². The molecule has 0 aliphatic rings. The number of rotatable bonds is 2. The van der Waals surface area contributed by atoms with Gasteiger partial charge < -0.3 is 9.14 Å². The molecule has 0 saturated heterocycles. The lowest BCUT2D eigenvalue weighted by Gasteiger charge is -2.04. The van der Waals surface area contributed by atoms with Crippen LogP contribution in [0.5, 0.6) is 0 Å². The third kappa shape index (κ3) is 1.85. The monoisotopic (exact) mass is 254 g/mol. The van der Waals surface area contributed by atoms with Gasteiger partial charge in [0, 0.05) is 11.6 Å². The van der Waals surface area contributed by atoms with Crippen LogP contribution in [0, 0.1) is 6.92 Å². The maximum atomic E-state index is 11.8. The Morgan fingerprint density at radius 3 is 2.95 bits per heavy atom. The molecule has 0 saturated carbocycles. The number of fused-ring (bicyclic) bond motifs is 3. The van der Waals surface area contributed by atoms with Crippen LogP contribution in [0.1, 0.15) is 23.1 Å². The number of aromatic nitrogens is 2. The minimum Gasteiger partial charge on any atom is -0.462 e. The quantitative estimate of drug-likeness (QED) is 0.660. The SMILES string of the molecule is CCOC(=O)c1cc2c3ccccc3nc(C)n2c1. The third-order valence-corrected chi connectivity index (χ3v) is 3.14. The normalized spacial score (nSPS) is 11.1. The van der Waals surface area contributed by atoms with Crippen molar-refractivity contribution in [1.29, 1.82) is 0 Å². The van der Waals surface area contributed by atoms with Gasteiger partial charge in [-0.15, -0.1) is 0 Å². The van der Waals surface area contributed by atoms with Crippen LogP contribution >= 0.6 is 0 Å². The van der Waals surface area contributed by atoms with Crippen LogP contribution in [0.25, 0.3) is 16.4 Å². The molecule has 0 radical (unpaired) electrons. The minimum atomic E-state index is -0.297. The average molecular weight is 254 g/mol. The molecule has 3 aromatic rings. The second-order valence-electron chi connectivity index (χ2n) is 4.38. The Kier molecular flexibility index (Phi) is 2.71. The van der Waals surface area contributed by atoms with Gasteiger partial charge >= 0.3 is 5.97 Å². The van der Waals surface area contributed by atoms with E-state index < -0.39 is 0 Å². The van der Waals surface area contributed by atoms with Crippen LogP contribution in [-0.2, 0) is 4.74 Å². The zero-order chi connectivity index (χ0) is 13.4. The van der Waals surface area contributed by atoms with E-state index in [2.05, 4.69) is 4.98 Å². The van der Waals surface area contributed by atoms with Crippen LogP contribution in [0.15, 0.2) is 36.5 Å². The summed E-state index contributed by atoms with van der Waals surface area (Å²) in [7, 11) is 0. The van der Waals surface area contributed by atoms with E-state index in [-0.39, 0.29) is 5.97 Å². The average Bonchev–Trinajstić information content (AvgIpc) is 2.85.